The van der Waals surface area contributed by atoms with Crippen LogP contribution in [0.5, 0.6) is 11.5 Å². The third kappa shape index (κ3) is 4.08. The van der Waals surface area contributed by atoms with Crippen molar-refractivity contribution in [2.75, 3.05) is 13.2 Å². The molecular formula is C21H20F3NO3. The monoisotopic (exact) mass is 391 g/mol. The molecule has 7 heteroatoms. The Morgan fingerprint density at radius 1 is 1.00 bits per heavy atom. The van der Waals surface area contributed by atoms with Crippen LogP contribution >= 0.6 is 0 Å². The smallest absolute Gasteiger partial charge is 0.416 e. The SMILES string of the molecule is O=C(c1ccc2c(c1)OCCCO2)N(Cc1ccc(C(F)(F)F)cc1)C1CC1. The van der Waals surface area contributed by atoms with Crippen LogP contribution in [0.25, 0.3) is 0 Å². The minimum Gasteiger partial charge on any atom is -0.490 e. The molecule has 0 spiro atoms. The van der Waals surface area contributed by atoms with E-state index in [1.165, 1.54) is 12.1 Å². The maximum atomic E-state index is 13.1. The normalized spacial score (nSPS) is 16.4. The number of carbonyl (C=O) groups is 1. The lowest BCUT2D eigenvalue weighted by Gasteiger charge is -2.23. The fourth-order valence-electron chi connectivity index (χ4n) is 3.21. The highest BCUT2D eigenvalue weighted by atomic mass is 19.4. The van der Waals surface area contributed by atoms with Gasteiger partial charge in [-0.3, -0.25) is 4.79 Å². The van der Waals surface area contributed by atoms with Crippen molar-refractivity contribution in [3.8, 4) is 11.5 Å². The zero-order valence-electron chi connectivity index (χ0n) is 15.2. The number of halogens is 3. The van der Waals surface area contributed by atoms with Crippen molar-refractivity contribution in [3.63, 3.8) is 0 Å². The first-order valence-corrected chi connectivity index (χ1v) is 9.28. The van der Waals surface area contributed by atoms with Crippen LogP contribution < -0.4 is 9.47 Å². The molecule has 0 atom stereocenters. The number of nitrogens with zero attached hydrogens (tertiary/aromatic N) is 1. The van der Waals surface area contributed by atoms with Gasteiger partial charge in [0, 0.05) is 24.6 Å². The first-order valence-electron chi connectivity index (χ1n) is 9.28. The zero-order valence-corrected chi connectivity index (χ0v) is 15.2. The molecule has 1 heterocycles. The maximum Gasteiger partial charge on any atom is 0.416 e. The number of ether oxygens (including phenoxy) is 2. The molecule has 2 aromatic carbocycles. The molecule has 0 saturated heterocycles. The van der Waals surface area contributed by atoms with E-state index in [9.17, 15) is 18.0 Å². The predicted molar refractivity (Wildman–Crippen MR) is 96.4 cm³/mol. The Balaban J connectivity index is 1.53. The van der Waals surface area contributed by atoms with E-state index in [2.05, 4.69) is 0 Å². The topological polar surface area (TPSA) is 38.8 Å². The van der Waals surface area contributed by atoms with E-state index < -0.39 is 11.7 Å². The Kier molecular flexibility index (Phi) is 4.91. The Morgan fingerprint density at radius 2 is 1.68 bits per heavy atom. The third-order valence-electron chi connectivity index (χ3n) is 4.88. The summed E-state index contributed by atoms with van der Waals surface area (Å²) in [5.74, 6) is 1.02. The molecule has 1 saturated carbocycles. The Morgan fingerprint density at radius 3 is 2.32 bits per heavy atom. The summed E-state index contributed by atoms with van der Waals surface area (Å²) >= 11 is 0. The summed E-state index contributed by atoms with van der Waals surface area (Å²) in [6.45, 7) is 1.38. The first kappa shape index (κ1) is 18.7. The molecule has 2 aliphatic rings. The number of alkyl halides is 3. The van der Waals surface area contributed by atoms with Crippen molar-refractivity contribution in [1.82, 2.24) is 4.90 Å². The van der Waals surface area contributed by atoms with Gasteiger partial charge in [0.15, 0.2) is 11.5 Å². The van der Waals surface area contributed by atoms with Gasteiger partial charge in [-0.25, -0.2) is 0 Å². The maximum absolute atomic E-state index is 13.1. The van der Waals surface area contributed by atoms with Gasteiger partial charge in [-0.2, -0.15) is 13.2 Å². The van der Waals surface area contributed by atoms with E-state index in [0.29, 0.717) is 35.8 Å². The van der Waals surface area contributed by atoms with E-state index in [1.54, 1.807) is 23.1 Å². The largest absolute Gasteiger partial charge is 0.490 e. The molecule has 1 fully saturated rings. The Hall–Kier alpha value is -2.70. The van der Waals surface area contributed by atoms with Gasteiger partial charge >= 0.3 is 6.18 Å². The minimum absolute atomic E-state index is 0.116. The number of hydrogen-bond donors (Lipinski definition) is 0. The Bertz CT molecular complexity index is 860. The number of amides is 1. The van der Waals surface area contributed by atoms with E-state index in [1.807, 2.05) is 0 Å². The van der Waals surface area contributed by atoms with Crippen LogP contribution in [0.1, 0.15) is 40.7 Å². The molecule has 0 bridgehead atoms. The van der Waals surface area contributed by atoms with Crippen LogP contribution in [0, 0.1) is 0 Å². The third-order valence-corrected chi connectivity index (χ3v) is 4.88. The van der Waals surface area contributed by atoms with Crippen molar-refractivity contribution in [1.29, 1.82) is 0 Å². The number of hydrogen-bond acceptors (Lipinski definition) is 3. The fourth-order valence-corrected chi connectivity index (χ4v) is 3.21. The van der Waals surface area contributed by atoms with Crippen molar-refractivity contribution in [2.45, 2.75) is 38.0 Å². The van der Waals surface area contributed by atoms with E-state index in [-0.39, 0.29) is 18.5 Å². The number of rotatable bonds is 4. The first-order chi connectivity index (χ1) is 13.4. The fraction of sp³-hybridized carbons (Fsp3) is 0.381. The summed E-state index contributed by atoms with van der Waals surface area (Å²) < 4.78 is 49.5. The molecule has 0 unspecified atom stereocenters. The van der Waals surface area contributed by atoms with Crippen molar-refractivity contribution in [3.05, 3.63) is 59.2 Å². The summed E-state index contributed by atoms with van der Waals surface area (Å²) in [5.41, 5.74) is 0.467. The second kappa shape index (κ2) is 7.37. The highest BCUT2D eigenvalue weighted by Gasteiger charge is 2.34. The molecule has 0 aromatic heterocycles. The van der Waals surface area contributed by atoms with Gasteiger partial charge in [0.2, 0.25) is 0 Å². The molecule has 1 aliphatic heterocycles. The minimum atomic E-state index is -4.37. The lowest BCUT2D eigenvalue weighted by molar-refractivity contribution is -0.137. The molecule has 0 radical (unpaired) electrons. The van der Waals surface area contributed by atoms with Crippen LogP contribution in [-0.2, 0) is 12.7 Å². The van der Waals surface area contributed by atoms with E-state index in [4.69, 9.17) is 9.47 Å². The van der Waals surface area contributed by atoms with Gasteiger partial charge in [-0.05, 0) is 48.7 Å². The second-order valence-electron chi connectivity index (χ2n) is 7.07. The van der Waals surface area contributed by atoms with E-state index in [0.717, 1.165) is 31.4 Å². The van der Waals surface area contributed by atoms with Crippen molar-refractivity contribution >= 4 is 5.91 Å². The highest BCUT2D eigenvalue weighted by molar-refractivity contribution is 5.95. The molecule has 1 aliphatic carbocycles. The summed E-state index contributed by atoms with van der Waals surface area (Å²) in [4.78, 5) is 14.8. The van der Waals surface area contributed by atoms with E-state index >= 15 is 0 Å². The number of benzene rings is 2. The van der Waals surface area contributed by atoms with Gasteiger partial charge in [-0.1, -0.05) is 12.1 Å². The Labute approximate surface area is 160 Å². The van der Waals surface area contributed by atoms with Crippen LogP contribution in [0.3, 0.4) is 0 Å². The molecule has 28 heavy (non-hydrogen) atoms. The van der Waals surface area contributed by atoms with Gasteiger partial charge in [0.25, 0.3) is 5.91 Å². The van der Waals surface area contributed by atoms with Crippen LogP contribution in [-0.4, -0.2) is 30.1 Å². The lowest BCUT2D eigenvalue weighted by atomic mass is 10.1. The summed E-state index contributed by atoms with van der Waals surface area (Å²) in [7, 11) is 0. The zero-order chi connectivity index (χ0) is 19.7. The van der Waals surface area contributed by atoms with Crippen molar-refractivity contribution < 1.29 is 27.4 Å². The molecule has 0 N–H and O–H groups in total. The van der Waals surface area contributed by atoms with Gasteiger partial charge in [0.05, 0.1) is 18.8 Å². The average molecular weight is 391 g/mol. The molecule has 2 aromatic rings. The quantitative estimate of drug-likeness (QED) is 0.760. The molecule has 148 valence electrons. The number of fused-ring (bicyclic) bond motifs is 1. The molecular weight excluding hydrogens is 371 g/mol. The molecule has 4 nitrogen and oxygen atoms in total. The molecule has 4 rings (SSSR count). The second-order valence-corrected chi connectivity index (χ2v) is 7.07. The van der Waals surface area contributed by atoms with Crippen molar-refractivity contribution in [2.24, 2.45) is 0 Å². The standard InChI is InChI=1S/C21H20F3NO3/c22-21(23,24)16-5-2-14(3-6-16)13-25(17-7-8-17)20(26)15-4-9-18-19(12-15)28-11-1-10-27-18/h2-6,9,12,17H,1,7-8,10-11,13H2. The van der Waals surface area contributed by atoms with Gasteiger partial charge in [0.1, 0.15) is 0 Å². The van der Waals surface area contributed by atoms with Gasteiger partial charge in [-0.15, -0.1) is 0 Å². The van der Waals surface area contributed by atoms with Crippen LogP contribution in [0.2, 0.25) is 0 Å². The van der Waals surface area contributed by atoms with Gasteiger partial charge < -0.3 is 14.4 Å². The predicted octanol–water partition coefficient (Wildman–Crippen LogP) is 4.67. The summed E-state index contributed by atoms with van der Waals surface area (Å²) in [5, 5.41) is 0. The molecule has 1 amide bonds. The lowest BCUT2D eigenvalue weighted by Crippen LogP contribution is -2.32. The summed E-state index contributed by atoms with van der Waals surface area (Å²) in [6, 6.07) is 10.2. The van der Waals surface area contributed by atoms with Crippen LogP contribution in [0.15, 0.2) is 42.5 Å². The average Bonchev–Trinajstić information content (AvgIpc) is 3.51. The van der Waals surface area contributed by atoms with Crippen LogP contribution in [0.4, 0.5) is 13.2 Å². The highest BCUT2D eigenvalue weighted by Crippen LogP contribution is 2.34. The number of carbonyl (C=O) groups excluding carboxylic acids is 1. The summed E-state index contributed by atoms with van der Waals surface area (Å²) in [6.07, 6.45) is -1.79.